The number of halogens is 1. The van der Waals surface area contributed by atoms with Gasteiger partial charge in [-0.3, -0.25) is 25.2 Å². The summed E-state index contributed by atoms with van der Waals surface area (Å²) < 4.78 is 18.2. The van der Waals surface area contributed by atoms with Crippen LogP contribution in [0.4, 0.5) is 10.1 Å². The molecule has 2 aromatic rings. The molecule has 2 aromatic carbocycles. The highest BCUT2D eigenvalue weighted by Crippen LogP contribution is 2.13. The fourth-order valence-electron chi connectivity index (χ4n) is 2.14. The maximum Gasteiger partial charge on any atom is 0.279 e. The predicted octanol–water partition coefficient (Wildman–Crippen LogP) is 1.94. The van der Waals surface area contributed by atoms with E-state index in [0.29, 0.717) is 17.0 Å². The van der Waals surface area contributed by atoms with Gasteiger partial charge in [0.15, 0.2) is 6.10 Å². The van der Waals surface area contributed by atoms with Crippen LogP contribution in [0.15, 0.2) is 48.5 Å². The number of carbonyl (C=O) groups is 3. The molecule has 142 valence electrons. The molecular weight excluding hydrogens is 353 g/mol. The van der Waals surface area contributed by atoms with Gasteiger partial charge in [-0.2, -0.15) is 0 Å². The molecule has 0 fully saturated rings. The molecule has 0 saturated heterocycles. The second kappa shape index (κ2) is 9.33. The number of benzene rings is 2. The normalized spacial score (nSPS) is 11.2. The van der Waals surface area contributed by atoms with Gasteiger partial charge < -0.3 is 10.1 Å². The standard InChI is InChI=1S/C19H20FN3O4/c1-12(27-17-9-5-15(20)6-10-17)19(26)23-22-18(25)11-14-3-7-16(8-4-14)21-13(2)24/h3-10,12H,11H2,1-2H3,(H,21,24)(H,22,25)(H,23,26)/t12-/m1/s1. The van der Waals surface area contributed by atoms with E-state index in [1.54, 1.807) is 24.3 Å². The highest BCUT2D eigenvalue weighted by Gasteiger charge is 2.15. The van der Waals surface area contributed by atoms with Crippen molar-refractivity contribution >= 4 is 23.4 Å². The number of amides is 3. The summed E-state index contributed by atoms with van der Waals surface area (Å²) in [5.41, 5.74) is 5.93. The monoisotopic (exact) mass is 373 g/mol. The molecule has 8 heteroatoms. The van der Waals surface area contributed by atoms with Crippen LogP contribution in [0, 0.1) is 5.82 Å². The van der Waals surface area contributed by atoms with Gasteiger partial charge >= 0.3 is 0 Å². The lowest BCUT2D eigenvalue weighted by molar-refractivity contribution is -0.132. The molecule has 2 rings (SSSR count). The fourth-order valence-corrected chi connectivity index (χ4v) is 2.14. The number of carbonyl (C=O) groups excluding carboxylic acids is 3. The lowest BCUT2D eigenvalue weighted by Gasteiger charge is -2.15. The smallest absolute Gasteiger partial charge is 0.279 e. The first-order valence-electron chi connectivity index (χ1n) is 8.21. The minimum Gasteiger partial charge on any atom is -0.481 e. The highest BCUT2D eigenvalue weighted by molar-refractivity contribution is 5.89. The molecule has 1 atom stereocenters. The largest absolute Gasteiger partial charge is 0.481 e. The summed E-state index contributed by atoms with van der Waals surface area (Å²) in [7, 11) is 0. The highest BCUT2D eigenvalue weighted by atomic mass is 19.1. The van der Waals surface area contributed by atoms with Crippen LogP contribution in [-0.4, -0.2) is 23.8 Å². The Morgan fingerprint density at radius 2 is 1.63 bits per heavy atom. The molecule has 0 saturated carbocycles. The Balaban J connectivity index is 1.77. The third kappa shape index (κ3) is 6.77. The lowest BCUT2D eigenvalue weighted by atomic mass is 10.1. The zero-order valence-corrected chi connectivity index (χ0v) is 14.9. The molecule has 0 aliphatic carbocycles. The second-order valence-electron chi connectivity index (χ2n) is 5.81. The van der Waals surface area contributed by atoms with Crippen LogP contribution in [0.2, 0.25) is 0 Å². The molecule has 0 spiro atoms. The molecule has 0 aliphatic rings. The molecule has 0 bridgehead atoms. The number of ether oxygens (including phenoxy) is 1. The fraction of sp³-hybridized carbons (Fsp3) is 0.211. The van der Waals surface area contributed by atoms with Crippen LogP contribution >= 0.6 is 0 Å². The molecule has 0 heterocycles. The summed E-state index contributed by atoms with van der Waals surface area (Å²) in [5, 5.41) is 2.63. The van der Waals surface area contributed by atoms with Gasteiger partial charge in [-0.25, -0.2) is 4.39 Å². The third-order valence-electron chi connectivity index (χ3n) is 3.46. The van der Waals surface area contributed by atoms with E-state index in [2.05, 4.69) is 16.2 Å². The molecular formula is C19H20FN3O4. The van der Waals surface area contributed by atoms with E-state index in [4.69, 9.17) is 4.74 Å². The van der Waals surface area contributed by atoms with Gasteiger partial charge in [0.25, 0.3) is 5.91 Å². The first-order valence-corrected chi connectivity index (χ1v) is 8.21. The summed E-state index contributed by atoms with van der Waals surface area (Å²) in [6.45, 7) is 2.91. The molecule has 3 amide bonds. The summed E-state index contributed by atoms with van der Waals surface area (Å²) in [6.07, 6.45) is -0.832. The van der Waals surface area contributed by atoms with Gasteiger partial charge in [0.05, 0.1) is 6.42 Å². The molecule has 0 unspecified atom stereocenters. The van der Waals surface area contributed by atoms with Crippen molar-refractivity contribution in [1.29, 1.82) is 0 Å². The van der Waals surface area contributed by atoms with E-state index in [0.717, 1.165) is 0 Å². The number of rotatable bonds is 6. The van der Waals surface area contributed by atoms with Gasteiger partial charge in [-0.1, -0.05) is 12.1 Å². The summed E-state index contributed by atoms with van der Waals surface area (Å²) in [5.74, 6) is -1.21. The number of hydrogen-bond acceptors (Lipinski definition) is 4. The van der Waals surface area contributed by atoms with Crippen LogP contribution in [-0.2, 0) is 20.8 Å². The van der Waals surface area contributed by atoms with Crippen molar-refractivity contribution in [3.8, 4) is 5.75 Å². The van der Waals surface area contributed by atoms with Gasteiger partial charge in [0.2, 0.25) is 11.8 Å². The molecule has 27 heavy (non-hydrogen) atoms. The van der Waals surface area contributed by atoms with Crippen molar-refractivity contribution in [3.63, 3.8) is 0 Å². The maximum atomic E-state index is 12.8. The predicted molar refractivity (Wildman–Crippen MR) is 97.2 cm³/mol. The Bertz CT molecular complexity index is 807. The SMILES string of the molecule is CC(=O)Nc1ccc(CC(=O)NNC(=O)[C@@H](C)Oc2ccc(F)cc2)cc1. The van der Waals surface area contributed by atoms with E-state index in [-0.39, 0.29) is 12.3 Å². The van der Waals surface area contributed by atoms with Gasteiger partial charge in [0.1, 0.15) is 11.6 Å². The number of hydrogen-bond donors (Lipinski definition) is 3. The Labute approximate surface area is 155 Å². The van der Waals surface area contributed by atoms with Crippen molar-refractivity contribution in [2.24, 2.45) is 0 Å². The summed E-state index contributed by atoms with van der Waals surface area (Å²) >= 11 is 0. The summed E-state index contributed by atoms with van der Waals surface area (Å²) in [4.78, 5) is 34.8. The lowest BCUT2D eigenvalue weighted by Crippen LogP contribution is -2.47. The van der Waals surface area contributed by atoms with Gasteiger partial charge in [-0.05, 0) is 48.9 Å². The Morgan fingerprint density at radius 3 is 2.22 bits per heavy atom. The molecule has 0 aliphatic heterocycles. The van der Waals surface area contributed by atoms with E-state index < -0.39 is 23.7 Å². The Kier molecular flexibility index (Phi) is 6.87. The minimum absolute atomic E-state index is 0.0494. The summed E-state index contributed by atoms with van der Waals surface area (Å²) in [6, 6.07) is 12.0. The van der Waals surface area contributed by atoms with E-state index in [9.17, 15) is 18.8 Å². The number of anilines is 1. The van der Waals surface area contributed by atoms with Crippen LogP contribution in [0.5, 0.6) is 5.75 Å². The first-order chi connectivity index (χ1) is 12.8. The Morgan fingerprint density at radius 1 is 1.00 bits per heavy atom. The molecule has 0 radical (unpaired) electrons. The van der Waals surface area contributed by atoms with Crippen LogP contribution < -0.4 is 20.9 Å². The van der Waals surface area contributed by atoms with Crippen molar-refractivity contribution in [2.75, 3.05) is 5.32 Å². The van der Waals surface area contributed by atoms with Gasteiger partial charge in [-0.15, -0.1) is 0 Å². The Hall–Kier alpha value is -3.42. The van der Waals surface area contributed by atoms with Crippen molar-refractivity contribution in [2.45, 2.75) is 26.4 Å². The van der Waals surface area contributed by atoms with E-state index >= 15 is 0 Å². The average Bonchev–Trinajstić information content (AvgIpc) is 2.62. The zero-order valence-electron chi connectivity index (χ0n) is 14.9. The van der Waals surface area contributed by atoms with Crippen LogP contribution in [0.25, 0.3) is 0 Å². The topological polar surface area (TPSA) is 96.5 Å². The number of nitrogens with one attached hydrogen (secondary N) is 3. The van der Waals surface area contributed by atoms with E-state index in [1.807, 2.05) is 0 Å². The average molecular weight is 373 g/mol. The molecule has 0 aromatic heterocycles. The van der Waals surface area contributed by atoms with Crippen LogP contribution in [0.3, 0.4) is 0 Å². The molecule has 7 nitrogen and oxygen atoms in total. The van der Waals surface area contributed by atoms with Gasteiger partial charge in [0, 0.05) is 12.6 Å². The first kappa shape index (κ1) is 19.9. The minimum atomic E-state index is -0.882. The third-order valence-corrected chi connectivity index (χ3v) is 3.46. The number of hydrazine groups is 1. The van der Waals surface area contributed by atoms with Crippen molar-refractivity contribution in [3.05, 3.63) is 59.9 Å². The molecule has 3 N–H and O–H groups in total. The second-order valence-corrected chi connectivity index (χ2v) is 5.81. The maximum absolute atomic E-state index is 12.8. The quantitative estimate of drug-likeness (QED) is 0.674. The van der Waals surface area contributed by atoms with E-state index in [1.165, 1.54) is 38.1 Å². The van der Waals surface area contributed by atoms with Crippen molar-refractivity contribution < 1.29 is 23.5 Å². The zero-order chi connectivity index (χ0) is 19.8. The van der Waals surface area contributed by atoms with Crippen molar-refractivity contribution in [1.82, 2.24) is 10.9 Å². The van der Waals surface area contributed by atoms with Crippen LogP contribution in [0.1, 0.15) is 19.4 Å².